The summed E-state index contributed by atoms with van der Waals surface area (Å²) in [5.74, 6) is -0.334. The van der Waals surface area contributed by atoms with Crippen LogP contribution in [0.25, 0.3) is 0 Å². The maximum absolute atomic E-state index is 13.9. The summed E-state index contributed by atoms with van der Waals surface area (Å²) >= 11 is 0. The van der Waals surface area contributed by atoms with Gasteiger partial charge in [-0.25, -0.2) is 9.36 Å². The molecule has 4 rings (SSSR count). The number of benzene rings is 1. The SMILES string of the molecule is C=N[C@]1(C)[C@H](O)[C@@H](COP(=O)(N[C@@H](C)C(=O)OC2CCCC2)Oc2ccccc2)O[C@H]1n1ccc(N)nc1=O. The quantitative estimate of drug-likeness (QED) is 0.207. The van der Waals surface area contributed by atoms with E-state index in [1.54, 1.807) is 37.3 Å². The van der Waals surface area contributed by atoms with Gasteiger partial charge in [0.15, 0.2) is 6.23 Å². The number of nitrogens with zero attached hydrogens (tertiary/aromatic N) is 3. The Labute approximate surface area is 225 Å². The third kappa shape index (κ3) is 6.56. The van der Waals surface area contributed by atoms with E-state index >= 15 is 0 Å². The zero-order valence-electron chi connectivity index (χ0n) is 21.8. The second-order valence-corrected chi connectivity index (χ2v) is 11.5. The first kappa shape index (κ1) is 28.9. The van der Waals surface area contributed by atoms with Gasteiger partial charge in [-0.15, -0.1) is 0 Å². The molecule has 2 fully saturated rings. The number of carbonyl (C=O) groups is 1. The van der Waals surface area contributed by atoms with Crippen molar-refractivity contribution in [1.29, 1.82) is 0 Å². The van der Waals surface area contributed by atoms with Gasteiger partial charge in [-0.3, -0.25) is 18.9 Å². The number of aliphatic hydroxyl groups is 1. The fourth-order valence-corrected chi connectivity index (χ4v) is 6.10. The van der Waals surface area contributed by atoms with Gasteiger partial charge in [-0.2, -0.15) is 10.1 Å². The second-order valence-electron chi connectivity index (χ2n) is 9.79. The highest BCUT2D eigenvalue weighted by atomic mass is 31.2. The first-order valence-electron chi connectivity index (χ1n) is 12.7. The number of rotatable bonds is 11. The summed E-state index contributed by atoms with van der Waals surface area (Å²) in [5.41, 5.74) is 3.50. The van der Waals surface area contributed by atoms with Crippen molar-refractivity contribution in [2.75, 3.05) is 12.3 Å². The van der Waals surface area contributed by atoms with Gasteiger partial charge in [0.05, 0.1) is 6.61 Å². The fourth-order valence-electron chi connectivity index (χ4n) is 4.60. The van der Waals surface area contributed by atoms with Crippen molar-refractivity contribution in [1.82, 2.24) is 14.6 Å². The molecule has 212 valence electrons. The maximum atomic E-state index is 13.9. The van der Waals surface area contributed by atoms with Gasteiger partial charge in [-0.05, 0) is 64.4 Å². The minimum absolute atomic E-state index is 0.0218. The van der Waals surface area contributed by atoms with Crippen molar-refractivity contribution < 1.29 is 33.0 Å². The number of ether oxygens (including phenoxy) is 2. The smallest absolute Gasteiger partial charge is 0.459 e. The Morgan fingerprint density at radius 2 is 2.05 bits per heavy atom. The molecule has 2 aliphatic rings. The van der Waals surface area contributed by atoms with E-state index in [9.17, 15) is 19.3 Å². The van der Waals surface area contributed by atoms with Crippen LogP contribution in [0.3, 0.4) is 0 Å². The normalized spacial score (nSPS) is 27.5. The number of anilines is 1. The number of hydrogen-bond donors (Lipinski definition) is 3. The molecule has 2 aromatic rings. The Bertz CT molecular complexity index is 1270. The number of nitrogen functional groups attached to an aromatic ring is 1. The summed E-state index contributed by atoms with van der Waals surface area (Å²) in [7, 11) is -4.22. The number of nitrogens with one attached hydrogen (secondary N) is 1. The number of esters is 1. The predicted octanol–water partition coefficient (Wildman–Crippen LogP) is 2.21. The molecule has 0 bridgehead atoms. The van der Waals surface area contributed by atoms with Crippen LogP contribution in [0.1, 0.15) is 45.8 Å². The largest absolute Gasteiger partial charge is 0.461 e. The average molecular weight is 564 g/mol. The van der Waals surface area contributed by atoms with Gasteiger partial charge in [0.25, 0.3) is 0 Å². The minimum atomic E-state index is -4.22. The van der Waals surface area contributed by atoms with Crippen molar-refractivity contribution in [2.24, 2.45) is 4.99 Å². The highest BCUT2D eigenvalue weighted by Crippen LogP contribution is 2.47. The number of carbonyl (C=O) groups excluding carboxylic acids is 1. The van der Waals surface area contributed by atoms with Gasteiger partial charge >= 0.3 is 19.4 Å². The van der Waals surface area contributed by atoms with Crippen LogP contribution in [0, 0.1) is 0 Å². The zero-order valence-corrected chi connectivity index (χ0v) is 22.7. The molecule has 0 spiro atoms. The van der Waals surface area contributed by atoms with Crippen LogP contribution in [-0.4, -0.2) is 63.8 Å². The van der Waals surface area contributed by atoms with Crippen LogP contribution in [0.5, 0.6) is 5.75 Å². The van der Waals surface area contributed by atoms with Gasteiger partial charge in [0.1, 0.15) is 41.5 Å². The number of aromatic nitrogens is 2. The third-order valence-electron chi connectivity index (χ3n) is 6.87. The fraction of sp³-hybridized carbons (Fsp3) is 0.520. The lowest BCUT2D eigenvalue weighted by atomic mass is 9.93. The van der Waals surface area contributed by atoms with Crippen LogP contribution in [0.15, 0.2) is 52.4 Å². The summed E-state index contributed by atoms with van der Waals surface area (Å²) in [6.07, 6.45) is 1.21. The summed E-state index contributed by atoms with van der Waals surface area (Å²) in [6, 6.07) is 8.67. The third-order valence-corrected chi connectivity index (χ3v) is 8.51. The molecule has 0 radical (unpaired) electrons. The molecule has 4 N–H and O–H groups in total. The molecule has 2 heterocycles. The highest BCUT2D eigenvalue weighted by molar-refractivity contribution is 7.52. The maximum Gasteiger partial charge on any atom is 0.459 e. The number of nitrogens with two attached hydrogens (primary N) is 1. The van der Waals surface area contributed by atoms with Gasteiger partial charge < -0.3 is 24.8 Å². The molecular formula is C25H34N5O8P. The molecular weight excluding hydrogens is 529 g/mol. The number of aliphatic imine (C=N–C) groups is 1. The van der Waals surface area contributed by atoms with E-state index in [2.05, 4.69) is 21.8 Å². The summed E-state index contributed by atoms with van der Waals surface area (Å²) in [5, 5.41) is 13.7. The van der Waals surface area contributed by atoms with Crippen LogP contribution < -0.4 is 21.0 Å². The molecule has 1 aliphatic carbocycles. The average Bonchev–Trinajstić information content (AvgIpc) is 3.50. The van der Waals surface area contributed by atoms with E-state index in [1.807, 2.05) is 0 Å². The molecule has 1 aromatic heterocycles. The zero-order chi connectivity index (χ0) is 28.2. The van der Waals surface area contributed by atoms with E-state index in [1.165, 1.54) is 19.2 Å². The van der Waals surface area contributed by atoms with Crippen LogP contribution >= 0.6 is 7.75 Å². The van der Waals surface area contributed by atoms with Crippen molar-refractivity contribution in [3.05, 3.63) is 53.1 Å². The molecule has 6 atom stereocenters. The van der Waals surface area contributed by atoms with E-state index in [4.69, 9.17) is 24.3 Å². The Hall–Kier alpha value is -3.09. The summed E-state index contributed by atoms with van der Waals surface area (Å²) in [4.78, 5) is 32.9. The van der Waals surface area contributed by atoms with E-state index in [0.29, 0.717) is 0 Å². The van der Waals surface area contributed by atoms with Crippen molar-refractivity contribution in [2.45, 2.75) is 75.7 Å². The topological polar surface area (TPSA) is 177 Å². The summed E-state index contributed by atoms with van der Waals surface area (Å²) < 4.78 is 37.8. The summed E-state index contributed by atoms with van der Waals surface area (Å²) in [6.45, 7) is 6.16. The van der Waals surface area contributed by atoms with Gasteiger partial charge in [-0.1, -0.05) is 18.2 Å². The lowest BCUT2D eigenvalue weighted by Crippen LogP contribution is -2.45. The van der Waals surface area contributed by atoms with Crippen molar-refractivity contribution in [3.8, 4) is 5.75 Å². The van der Waals surface area contributed by atoms with E-state index in [0.717, 1.165) is 30.3 Å². The van der Waals surface area contributed by atoms with Gasteiger partial charge in [0, 0.05) is 6.20 Å². The van der Waals surface area contributed by atoms with E-state index < -0.39 is 56.0 Å². The molecule has 1 aliphatic heterocycles. The van der Waals surface area contributed by atoms with E-state index in [-0.39, 0.29) is 17.7 Å². The molecule has 1 saturated carbocycles. The number of aliphatic hydroxyl groups excluding tert-OH is 1. The first-order chi connectivity index (χ1) is 18.5. The standard InChI is InChI=1S/C25H34N5O8P/c1-16(22(32)36-17-9-7-8-10-17)29-39(34,38-18-11-5-4-6-12-18)35-15-19-21(31)25(2,27-3)23(37-19)30-14-13-20(26)28-24(30)33/h4-6,11-14,16-17,19,21,23,31H,3,7-10,15H2,1-2H3,(H,29,34)(H2,26,28,33)/t16-,19+,21+,23+,25+,39?/m0/s1. The Balaban J connectivity index is 1.51. The highest BCUT2D eigenvalue weighted by Gasteiger charge is 2.54. The van der Waals surface area contributed by atoms with Crippen LogP contribution in [-0.2, 0) is 23.4 Å². The Kier molecular flexibility index (Phi) is 8.87. The molecule has 0 amide bonds. The van der Waals surface area contributed by atoms with Gasteiger partial charge in [0.2, 0.25) is 0 Å². The van der Waals surface area contributed by atoms with Crippen molar-refractivity contribution >= 4 is 26.3 Å². The minimum Gasteiger partial charge on any atom is -0.461 e. The Morgan fingerprint density at radius 1 is 1.36 bits per heavy atom. The second kappa shape index (κ2) is 12.0. The molecule has 1 unspecified atom stereocenters. The number of para-hydroxylation sites is 1. The number of hydrogen-bond acceptors (Lipinski definition) is 11. The molecule has 39 heavy (non-hydrogen) atoms. The lowest BCUT2D eigenvalue weighted by Gasteiger charge is -2.28. The molecule has 1 saturated heterocycles. The first-order valence-corrected chi connectivity index (χ1v) is 14.2. The lowest BCUT2D eigenvalue weighted by molar-refractivity contribution is -0.150. The predicted molar refractivity (Wildman–Crippen MR) is 142 cm³/mol. The van der Waals surface area contributed by atoms with Crippen LogP contribution in [0.2, 0.25) is 0 Å². The van der Waals surface area contributed by atoms with Crippen molar-refractivity contribution in [3.63, 3.8) is 0 Å². The van der Waals surface area contributed by atoms with Crippen LogP contribution in [0.4, 0.5) is 5.82 Å². The monoisotopic (exact) mass is 563 g/mol. The Morgan fingerprint density at radius 3 is 2.69 bits per heavy atom. The molecule has 13 nitrogen and oxygen atoms in total. The molecule has 1 aromatic carbocycles. The molecule has 14 heteroatoms.